The van der Waals surface area contributed by atoms with Crippen LogP contribution in [0.25, 0.3) is 0 Å². The van der Waals surface area contributed by atoms with Crippen molar-refractivity contribution in [3.8, 4) is 5.75 Å². The minimum atomic E-state index is -0.271. The minimum absolute atomic E-state index is 0.271. The number of phenols is 1. The highest BCUT2D eigenvalue weighted by molar-refractivity contribution is 8.12. The molecule has 0 saturated heterocycles. The third-order valence-electron chi connectivity index (χ3n) is 3.24. The van der Waals surface area contributed by atoms with Gasteiger partial charge in [-0.1, -0.05) is 23.1 Å². The molecule has 0 saturated carbocycles. The molecule has 1 atom stereocenters. The van der Waals surface area contributed by atoms with Crippen molar-refractivity contribution < 1.29 is 9.84 Å². The van der Waals surface area contributed by atoms with Crippen molar-refractivity contribution in [3.05, 3.63) is 35.5 Å². The van der Waals surface area contributed by atoms with Crippen LogP contribution in [0.5, 0.6) is 5.75 Å². The average molecular weight is 310 g/mol. The van der Waals surface area contributed by atoms with Crippen molar-refractivity contribution in [3.63, 3.8) is 0 Å². The minimum Gasteiger partial charge on any atom is -0.508 e. The van der Waals surface area contributed by atoms with Gasteiger partial charge in [0.1, 0.15) is 5.75 Å². The highest BCUT2D eigenvalue weighted by Crippen LogP contribution is 2.35. The Morgan fingerprint density at radius 2 is 1.95 bits per heavy atom. The topological polar surface area (TPSA) is 44.7 Å². The molecule has 1 unspecified atom stereocenters. The van der Waals surface area contributed by atoms with Crippen LogP contribution >= 0.6 is 10.7 Å². The largest absolute Gasteiger partial charge is 0.508 e. The molecule has 4 nitrogen and oxygen atoms in total. The van der Waals surface area contributed by atoms with Crippen LogP contribution in [0.15, 0.2) is 29.3 Å². The van der Waals surface area contributed by atoms with Gasteiger partial charge in [-0.05, 0) is 44.2 Å². The van der Waals surface area contributed by atoms with E-state index in [1.807, 2.05) is 27.9 Å². The van der Waals surface area contributed by atoms with Crippen LogP contribution in [0.1, 0.15) is 11.1 Å². The van der Waals surface area contributed by atoms with E-state index < -0.39 is 0 Å². The first kappa shape index (κ1) is 17.8. The Kier molecular flexibility index (Phi) is 6.95. The molecule has 0 heterocycles. The number of nitrogens with zero attached hydrogens (tertiary/aromatic N) is 1. The number of nitrogens with one attached hydrogen (secondary N) is 1. The first-order valence-corrected chi connectivity index (χ1v) is 8.20. The second kappa shape index (κ2) is 8.22. The SMILES string of the molecule is C=C(COCCN(C)S(=C)c1c(C)cc(O)cc1C)NC. The summed E-state index contributed by atoms with van der Waals surface area (Å²) in [5.41, 5.74) is 3.01. The predicted octanol–water partition coefficient (Wildman–Crippen LogP) is 2.67. The Morgan fingerprint density at radius 1 is 1.38 bits per heavy atom. The fourth-order valence-electron chi connectivity index (χ4n) is 2.03. The second-order valence-electron chi connectivity index (χ2n) is 5.03. The Balaban J connectivity index is 2.61. The number of benzene rings is 1. The van der Waals surface area contributed by atoms with Gasteiger partial charge in [0.15, 0.2) is 0 Å². The molecule has 1 aromatic carbocycles. The Bertz CT molecular complexity index is 506. The first-order chi connectivity index (χ1) is 9.86. The van der Waals surface area contributed by atoms with Crippen LogP contribution in [0.4, 0.5) is 0 Å². The zero-order valence-electron chi connectivity index (χ0n) is 13.4. The third-order valence-corrected chi connectivity index (χ3v) is 5.29. The lowest BCUT2D eigenvalue weighted by atomic mass is 10.1. The molecule has 0 fully saturated rings. The van der Waals surface area contributed by atoms with Gasteiger partial charge < -0.3 is 15.2 Å². The average Bonchev–Trinajstić information content (AvgIpc) is 2.41. The van der Waals surface area contributed by atoms with E-state index in [-0.39, 0.29) is 10.7 Å². The fraction of sp³-hybridized carbons (Fsp3) is 0.438. The number of likely N-dealkylation sites (N-methyl/N-ethyl adjacent to an activating group) is 2. The van der Waals surface area contributed by atoms with E-state index in [9.17, 15) is 5.11 Å². The van der Waals surface area contributed by atoms with Crippen LogP contribution in [-0.4, -0.2) is 49.1 Å². The highest BCUT2D eigenvalue weighted by Gasteiger charge is 2.11. The summed E-state index contributed by atoms with van der Waals surface area (Å²) in [6.45, 7) is 9.78. The van der Waals surface area contributed by atoms with E-state index >= 15 is 0 Å². The smallest absolute Gasteiger partial charge is 0.116 e. The summed E-state index contributed by atoms with van der Waals surface area (Å²) in [6.07, 6.45) is 0. The molecular formula is C16H26N2O2S. The van der Waals surface area contributed by atoms with Crippen LogP contribution in [0, 0.1) is 13.8 Å². The lowest BCUT2D eigenvalue weighted by molar-refractivity contribution is 0.145. The lowest BCUT2D eigenvalue weighted by Crippen LogP contribution is -2.20. The summed E-state index contributed by atoms with van der Waals surface area (Å²) < 4.78 is 7.73. The highest BCUT2D eigenvalue weighted by atomic mass is 32.2. The van der Waals surface area contributed by atoms with Crippen LogP contribution in [0.3, 0.4) is 0 Å². The molecule has 0 aromatic heterocycles. The maximum absolute atomic E-state index is 9.62. The molecule has 0 radical (unpaired) electrons. The Morgan fingerprint density at radius 3 is 2.48 bits per heavy atom. The van der Waals surface area contributed by atoms with Gasteiger partial charge in [-0.15, -0.1) is 0 Å². The maximum Gasteiger partial charge on any atom is 0.116 e. The van der Waals surface area contributed by atoms with Gasteiger partial charge in [0.2, 0.25) is 0 Å². The number of rotatable bonds is 8. The number of hydrogen-bond donors (Lipinski definition) is 2. The van der Waals surface area contributed by atoms with Crippen molar-refractivity contribution in [1.29, 1.82) is 0 Å². The zero-order chi connectivity index (χ0) is 16.0. The molecule has 5 heteroatoms. The van der Waals surface area contributed by atoms with Gasteiger partial charge in [0, 0.05) is 24.2 Å². The van der Waals surface area contributed by atoms with E-state index in [0.717, 1.165) is 23.4 Å². The van der Waals surface area contributed by atoms with E-state index in [1.165, 1.54) is 4.90 Å². The first-order valence-electron chi connectivity index (χ1n) is 6.85. The summed E-state index contributed by atoms with van der Waals surface area (Å²) in [5.74, 6) is 4.58. The van der Waals surface area contributed by atoms with Crippen molar-refractivity contribution in [1.82, 2.24) is 9.62 Å². The molecule has 2 N–H and O–H groups in total. The third kappa shape index (κ3) is 5.19. The van der Waals surface area contributed by atoms with Gasteiger partial charge >= 0.3 is 0 Å². The molecule has 1 aromatic rings. The van der Waals surface area contributed by atoms with Gasteiger partial charge in [-0.3, -0.25) is 4.31 Å². The van der Waals surface area contributed by atoms with Crippen molar-refractivity contribution in [2.75, 3.05) is 33.9 Å². The molecule has 0 aliphatic carbocycles. The molecule has 0 amide bonds. The van der Waals surface area contributed by atoms with Crippen LogP contribution in [0.2, 0.25) is 0 Å². The summed E-state index contributed by atoms with van der Waals surface area (Å²) >= 11 is 0. The molecule has 0 bridgehead atoms. The molecule has 0 aliphatic heterocycles. The molecule has 0 spiro atoms. The van der Waals surface area contributed by atoms with E-state index in [0.29, 0.717) is 19.0 Å². The van der Waals surface area contributed by atoms with Crippen molar-refractivity contribution in [2.45, 2.75) is 18.7 Å². The molecule has 21 heavy (non-hydrogen) atoms. The number of hydrogen-bond acceptors (Lipinski definition) is 4. The van der Waals surface area contributed by atoms with E-state index in [2.05, 4.69) is 22.1 Å². The van der Waals surface area contributed by atoms with Crippen molar-refractivity contribution >= 4 is 16.5 Å². The number of aromatic hydroxyl groups is 1. The quantitative estimate of drug-likeness (QED) is 0.572. The lowest BCUT2D eigenvalue weighted by Gasteiger charge is -2.24. The van der Waals surface area contributed by atoms with E-state index in [4.69, 9.17) is 4.74 Å². The van der Waals surface area contributed by atoms with Gasteiger partial charge in [-0.25, -0.2) is 0 Å². The van der Waals surface area contributed by atoms with Crippen LogP contribution in [-0.2, 0) is 4.74 Å². The fourth-order valence-corrected chi connectivity index (χ4v) is 3.49. The Hall–Kier alpha value is -1.30. The molecule has 0 aliphatic rings. The second-order valence-corrected chi connectivity index (χ2v) is 6.79. The molecule has 118 valence electrons. The summed E-state index contributed by atoms with van der Waals surface area (Å²) in [7, 11) is 3.60. The van der Waals surface area contributed by atoms with Gasteiger partial charge in [-0.2, -0.15) is 0 Å². The summed E-state index contributed by atoms with van der Waals surface area (Å²) in [6, 6.07) is 3.57. The number of ether oxygens (including phenoxy) is 1. The molecular weight excluding hydrogens is 284 g/mol. The van der Waals surface area contributed by atoms with Gasteiger partial charge in [0.05, 0.1) is 13.2 Å². The summed E-state index contributed by atoms with van der Waals surface area (Å²) in [4.78, 5) is 1.19. The van der Waals surface area contributed by atoms with Gasteiger partial charge in [0.25, 0.3) is 0 Å². The van der Waals surface area contributed by atoms with Crippen LogP contribution < -0.4 is 5.32 Å². The summed E-state index contributed by atoms with van der Waals surface area (Å²) in [5, 5.41) is 12.6. The zero-order valence-corrected chi connectivity index (χ0v) is 14.2. The molecule has 1 rings (SSSR count). The van der Waals surface area contributed by atoms with E-state index in [1.54, 1.807) is 12.1 Å². The number of phenolic OH excluding ortho intramolecular Hbond substituents is 1. The maximum atomic E-state index is 9.62. The number of aryl methyl sites for hydroxylation is 2. The predicted molar refractivity (Wildman–Crippen MR) is 92.2 cm³/mol. The normalized spacial score (nSPS) is 12.4. The Labute approximate surface area is 130 Å². The standard InChI is InChI=1S/C16H26N2O2S/c1-12-9-15(19)10-13(2)16(12)21(6)18(5)7-8-20-11-14(3)17-4/h9-10,17,19H,3,6-8,11H2,1-2,4-5H3. The van der Waals surface area contributed by atoms with Crippen molar-refractivity contribution in [2.24, 2.45) is 0 Å². The monoisotopic (exact) mass is 310 g/mol.